The molecule has 0 amide bonds. The van der Waals surface area contributed by atoms with E-state index in [1.54, 1.807) is 0 Å². The monoisotopic (exact) mass is 308 g/mol. The molecule has 0 radical (unpaired) electrons. The van der Waals surface area contributed by atoms with Crippen molar-refractivity contribution in [2.75, 3.05) is 33.6 Å². The number of nitrogens with two attached hydrogens (primary N) is 4. The maximum Gasteiger partial charge on any atom is 0.347 e. The first-order chi connectivity index (χ1) is 10.3. The molecule has 0 atom stereocenters. The Morgan fingerprint density at radius 2 is 1.09 bits per heavy atom. The van der Waals surface area contributed by atoms with Crippen molar-refractivity contribution in [1.82, 2.24) is 29.9 Å². The fraction of sp³-hybridized carbons (Fsp3) is 0.125. The van der Waals surface area contributed by atoms with Gasteiger partial charge in [0.2, 0.25) is 41.9 Å². The van der Waals surface area contributed by atoms with Gasteiger partial charge in [0.05, 0.1) is 0 Å². The number of carbonyl (C=O) groups is 1. The van der Waals surface area contributed by atoms with Crippen LogP contribution < -0.4 is 33.6 Å². The summed E-state index contributed by atoms with van der Waals surface area (Å²) in [6.45, 7) is 0. The van der Waals surface area contributed by atoms with Gasteiger partial charge in [-0.05, 0) is 0 Å². The Hall–Kier alpha value is -3.71. The van der Waals surface area contributed by atoms with E-state index in [-0.39, 0.29) is 35.7 Å². The Balaban J connectivity index is 2.21. The molecule has 0 aliphatic carbocycles. The SMILES string of the molecule is Nc1nc(N)nc(NC(Nc2nc(N)nc(N)n2)C(=O)O)n1. The molecule has 11 N–H and O–H groups in total. The van der Waals surface area contributed by atoms with Gasteiger partial charge in [0, 0.05) is 0 Å². The zero-order valence-corrected chi connectivity index (χ0v) is 10.9. The highest BCUT2D eigenvalue weighted by atomic mass is 16.4. The third-order valence-corrected chi connectivity index (χ3v) is 2.13. The number of rotatable bonds is 5. The second kappa shape index (κ2) is 5.73. The van der Waals surface area contributed by atoms with Crippen LogP contribution in [0.4, 0.5) is 35.7 Å². The highest BCUT2D eigenvalue weighted by Gasteiger charge is 2.20. The molecule has 22 heavy (non-hydrogen) atoms. The van der Waals surface area contributed by atoms with E-state index in [4.69, 9.17) is 22.9 Å². The van der Waals surface area contributed by atoms with Crippen LogP contribution in [0.25, 0.3) is 0 Å². The number of hydrogen-bond acceptors (Lipinski definition) is 13. The minimum Gasteiger partial charge on any atom is -0.478 e. The van der Waals surface area contributed by atoms with Gasteiger partial charge < -0.3 is 38.7 Å². The number of aliphatic carboxylic acids is 1. The smallest absolute Gasteiger partial charge is 0.347 e. The van der Waals surface area contributed by atoms with Crippen molar-refractivity contribution in [3.05, 3.63) is 0 Å². The molecule has 0 aromatic carbocycles. The second-order valence-electron chi connectivity index (χ2n) is 3.81. The molecule has 0 unspecified atom stereocenters. The fourth-order valence-electron chi connectivity index (χ4n) is 1.37. The van der Waals surface area contributed by atoms with Crippen molar-refractivity contribution < 1.29 is 9.90 Å². The largest absolute Gasteiger partial charge is 0.478 e. The average Bonchev–Trinajstić information content (AvgIpc) is 2.35. The summed E-state index contributed by atoms with van der Waals surface area (Å²) in [4.78, 5) is 33.1. The van der Waals surface area contributed by atoms with Gasteiger partial charge in [0.1, 0.15) is 0 Å². The Morgan fingerprint density at radius 1 is 0.773 bits per heavy atom. The quantitative estimate of drug-likeness (QED) is 0.278. The Bertz CT molecular complexity index is 612. The summed E-state index contributed by atoms with van der Waals surface area (Å²) in [7, 11) is 0. The van der Waals surface area contributed by atoms with E-state index in [1.807, 2.05) is 0 Å². The first-order valence-corrected chi connectivity index (χ1v) is 5.63. The van der Waals surface area contributed by atoms with Gasteiger partial charge in [0.15, 0.2) is 0 Å². The maximum absolute atomic E-state index is 11.3. The van der Waals surface area contributed by atoms with Crippen molar-refractivity contribution in [3.8, 4) is 0 Å². The predicted molar refractivity (Wildman–Crippen MR) is 76.0 cm³/mol. The van der Waals surface area contributed by atoms with Crippen molar-refractivity contribution in [3.63, 3.8) is 0 Å². The molecule has 0 saturated carbocycles. The minimum atomic E-state index is -1.41. The summed E-state index contributed by atoms with van der Waals surface area (Å²) in [5, 5.41) is 14.0. The number of nitrogen functional groups attached to an aromatic ring is 4. The van der Waals surface area contributed by atoms with Gasteiger partial charge in [-0.2, -0.15) is 29.9 Å². The number of carboxylic acid groups (broad SMARTS) is 1. The standard InChI is InChI=1S/C8H12N12O2/c9-3-15-4(10)18-7(17-3)13-1(2(21)22)14-8-19-5(11)16-6(12)20-8/h1H,(H,21,22)(H5,9,10,13,15,17,18)(H5,11,12,14,16,19,20). The number of anilines is 6. The Kier molecular flexibility index (Phi) is 3.83. The number of aromatic nitrogens is 6. The van der Waals surface area contributed by atoms with Crippen LogP contribution in [0.3, 0.4) is 0 Å². The molecular formula is C8H12N12O2. The molecule has 2 rings (SSSR count). The summed E-state index contributed by atoms with van der Waals surface area (Å²) in [6.07, 6.45) is -1.41. The van der Waals surface area contributed by atoms with Crippen LogP contribution in [0.15, 0.2) is 0 Å². The van der Waals surface area contributed by atoms with Gasteiger partial charge in [-0.25, -0.2) is 4.79 Å². The lowest BCUT2D eigenvalue weighted by atomic mass is 10.5. The first-order valence-electron chi connectivity index (χ1n) is 5.63. The minimum absolute atomic E-state index is 0.153. The van der Waals surface area contributed by atoms with Gasteiger partial charge in [-0.15, -0.1) is 0 Å². The lowest BCUT2D eigenvalue weighted by Gasteiger charge is -2.16. The van der Waals surface area contributed by atoms with Gasteiger partial charge in [-0.1, -0.05) is 0 Å². The van der Waals surface area contributed by atoms with Crippen LogP contribution in [0, 0.1) is 0 Å². The predicted octanol–water partition coefficient (Wildman–Crippen LogP) is -2.68. The molecule has 0 saturated heterocycles. The van der Waals surface area contributed by atoms with Crippen LogP contribution in [-0.4, -0.2) is 47.1 Å². The summed E-state index contributed by atoms with van der Waals surface area (Å²) >= 11 is 0. The third kappa shape index (κ3) is 3.65. The number of nitrogens with one attached hydrogen (secondary N) is 2. The molecule has 2 aromatic heterocycles. The van der Waals surface area contributed by atoms with E-state index < -0.39 is 12.1 Å². The van der Waals surface area contributed by atoms with Crippen LogP contribution in [0.2, 0.25) is 0 Å². The van der Waals surface area contributed by atoms with Gasteiger partial charge in [-0.3, -0.25) is 0 Å². The van der Waals surface area contributed by atoms with Crippen LogP contribution in [0.5, 0.6) is 0 Å². The van der Waals surface area contributed by atoms with E-state index in [9.17, 15) is 9.90 Å². The second-order valence-corrected chi connectivity index (χ2v) is 3.81. The fourth-order valence-corrected chi connectivity index (χ4v) is 1.37. The summed E-state index contributed by atoms with van der Waals surface area (Å²) in [5.41, 5.74) is 21.5. The van der Waals surface area contributed by atoms with Crippen LogP contribution in [-0.2, 0) is 4.79 Å². The number of carboxylic acids is 1. The van der Waals surface area contributed by atoms with Crippen molar-refractivity contribution in [2.24, 2.45) is 0 Å². The molecule has 116 valence electrons. The molecule has 0 bridgehead atoms. The van der Waals surface area contributed by atoms with Crippen molar-refractivity contribution in [2.45, 2.75) is 6.17 Å². The maximum atomic E-state index is 11.3. The molecule has 14 nitrogen and oxygen atoms in total. The molecule has 0 fully saturated rings. The van der Waals surface area contributed by atoms with E-state index in [2.05, 4.69) is 40.5 Å². The Labute approximate surface area is 122 Å². The van der Waals surface area contributed by atoms with E-state index in [0.29, 0.717) is 0 Å². The summed E-state index contributed by atoms with van der Waals surface area (Å²) in [5.74, 6) is -2.31. The number of nitrogens with zero attached hydrogens (tertiary/aromatic N) is 6. The van der Waals surface area contributed by atoms with Crippen molar-refractivity contribution >= 4 is 41.7 Å². The molecule has 0 aliphatic heterocycles. The lowest BCUT2D eigenvalue weighted by molar-refractivity contribution is -0.137. The van der Waals surface area contributed by atoms with Gasteiger partial charge in [0.25, 0.3) is 0 Å². The molecule has 2 heterocycles. The first kappa shape index (κ1) is 14.7. The summed E-state index contributed by atoms with van der Waals surface area (Å²) < 4.78 is 0. The van der Waals surface area contributed by atoms with Crippen LogP contribution >= 0.6 is 0 Å². The van der Waals surface area contributed by atoms with Crippen molar-refractivity contribution in [1.29, 1.82) is 0 Å². The average molecular weight is 308 g/mol. The normalized spacial score (nSPS) is 10.4. The molecule has 2 aromatic rings. The molecule has 0 aliphatic rings. The third-order valence-electron chi connectivity index (χ3n) is 2.13. The molecular weight excluding hydrogens is 296 g/mol. The zero-order chi connectivity index (χ0) is 16.3. The highest BCUT2D eigenvalue weighted by molar-refractivity contribution is 5.79. The number of hydrogen-bond donors (Lipinski definition) is 7. The highest BCUT2D eigenvalue weighted by Crippen LogP contribution is 2.09. The lowest BCUT2D eigenvalue weighted by Crippen LogP contribution is -2.38. The van der Waals surface area contributed by atoms with E-state index in [1.165, 1.54) is 0 Å². The molecule has 0 spiro atoms. The Morgan fingerprint density at radius 3 is 1.36 bits per heavy atom. The van der Waals surface area contributed by atoms with E-state index in [0.717, 1.165) is 0 Å². The zero-order valence-electron chi connectivity index (χ0n) is 10.9. The van der Waals surface area contributed by atoms with Crippen LogP contribution in [0.1, 0.15) is 0 Å². The van der Waals surface area contributed by atoms with Gasteiger partial charge >= 0.3 is 5.97 Å². The molecule has 14 heteroatoms. The summed E-state index contributed by atoms with van der Waals surface area (Å²) in [6, 6.07) is 0. The van der Waals surface area contributed by atoms with E-state index >= 15 is 0 Å². The topological polar surface area (TPSA) is 243 Å².